The van der Waals surface area contributed by atoms with E-state index in [1.807, 2.05) is 20.8 Å². The molecule has 0 radical (unpaired) electrons. The van der Waals surface area contributed by atoms with Gasteiger partial charge in [-0.2, -0.15) is 0 Å². The van der Waals surface area contributed by atoms with Crippen LogP contribution in [0.1, 0.15) is 59.8 Å². The van der Waals surface area contributed by atoms with E-state index in [9.17, 15) is 14.7 Å². The molecular weight excluding hydrogens is 230 g/mol. The summed E-state index contributed by atoms with van der Waals surface area (Å²) in [5.74, 6) is -0.495. The highest BCUT2D eigenvalue weighted by molar-refractivity contribution is 5.89. The summed E-state index contributed by atoms with van der Waals surface area (Å²) < 4.78 is 0. The normalized spacial score (nSPS) is 28.8. The van der Waals surface area contributed by atoms with Crippen molar-refractivity contribution in [2.45, 2.75) is 65.3 Å². The minimum atomic E-state index is -1.05. The number of hydrogen-bond acceptors (Lipinski definition) is 2. The van der Waals surface area contributed by atoms with Crippen LogP contribution in [0.4, 0.5) is 0 Å². The van der Waals surface area contributed by atoms with E-state index < -0.39 is 16.9 Å². The molecule has 0 aromatic carbocycles. The number of carboxylic acid groups (broad SMARTS) is 1. The number of carboxylic acids is 1. The predicted octanol–water partition coefficient (Wildman–Crippen LogP) is 2.57. The second-order valence-electron chi connectivity index (χ2n) is 6.26. The van der Waals surface area contributed by atoms with Gasteiger partial charge in [0.15, 0.2) is 0 Å². The Hall–Kier alpha value is -1.06. The monoisotopic (exact) mass is 255 g/mol. The highest BCUT2D eigenvalue weighted by Gasteiger charge is 2.44. The molecular formula is C14H25NO3. The van der Waals surface area contributed by atoms with Gasteiger partial charge in [-0.15, -0.1) is 0 Å². The van der Waals surface area contributed by atoms with Crippen LogP contribution in [0, 0.1) is 11.3 Å². The molecule has 1 fully saturated rings. The second-order valence-corrected chi connectivity index (χ2v) is 6.26. The van der Waals surface area contributed by atoms with Crippen molar-refractivity contribution in [1.29, 1.82) is 0 Å². The molecule has 2 N–H and O–H groups in total. The minimum absolute atomic E-state index is 0.151. The zero-order chi connectivity index (χ0) is 14.0. The van der Waals surface area contributed by atoms with Crippen molar-refractivity contribution >= 4 is 11.9 Å². The molecule has 0 atom stereocenters. The molecule has 0 unspecified atom stereocenters. The van der Waals surface area contributed by atoms with Crippen molar-refractivity contribution in [1.82, 2.24) is 5.32 Å². The van der Waals surface area contributed by atoms with Crippen molar-refractivity contribution in [2.75, 3.05) is 0 Å². The number of carbonyl (C=O) groups excluding carboxylic acids is 1. The Morgan fingerprint density at radius 3 is 2.22 bits per heavy atom. The average Bonchev–Trinajstić information content (AvgIpc) is 2.32. The van der Waals surface area contributed by atoms with E-state index in [-0.39, 0.29) is 5.91 Å². The molecule has 0 bridgehead atoms. The van der Waals surface area contributed by atoms with Gasteiger partial charge in [-0.1, -0.05) is 27.7 Å². The quantitative estimate of drug-likeness (QED) is 0.811. The van der Waals surface area contributed by atoms with Crippen LogP contribution in [0.2, 0.25) is 0 Å². The molecule has 0 heterocycles. The first-order valence-corrected chi connectivity index (χ1v) is 6.79. The van der Waals surface area contributed by atoms with Gasteiger partial charge in [-0.3, -0.25) is 4.79 Å². The van der Waals surface area contributed by atoms with Crippen molar-refractivity contribution in [3.63, 3.8) is 0 Å². The molecule has 104 valence electrons. The average molecular weight is 255 g/mol. The Bertz CT molecular complexity index is 328. The van der Waals surface area contributed by atoms with Gasteiger partial charge in [-0.25, -0.2) is 4.79 Å². The number of aliphatic carboxylic acids is 1. The molecule has 1 saturated carbocycles. The topological polar surface area (TPSA) is 66.4 Å². The summed E-state index contributed by atoms with van der Waals surface area (Å²) in [5.41, 5.74) is -1.55. The van der Waals surface area contributed by atoms with Gasteiger partial charge in [0, 0.05) is 5.41 Å². The molecule has 0 aromatic heterocycles. The molecule has 0 saturated heterocycles. The van der Waals surface area contributed by atoms with Crippen molar-refractivity contribution in [2.24, 2.45) is 11.3 Å². The van der Waals surface area contributed by atoms with Gasteiger partial charge in [0.05, 0.1) is 0 Å². The van der Waals surface area contributed by atoms with Crippen LogP contribution in [0.15, 0.2) is 0 Å². The van der Waals surface area contributed by atoms with Crippen LogP contribution in [-0.4, -0.2) is 22.5 Å². The minimum Gasteiger partial charge on any atom is -0.480 e. The summed E-state index contributed by atoms with van der Waals surface area (Å²) >= 11 is 0. The summed E-state index contributed by atoms with van der Waals surface area (Å²) in [6.45, 7) is 7.77. The number of amides is 1. The number of nitrogens with one attached hydrogen (secondary N) is 1. The summed E-state index contributed by atoms with van der Waals surface area (Å²) in [5, 5.41) is 12.3. The Kier molecular flexibility index (Phi) is 4.41. The Morgan fingerprint density at radius 2 is 1.83 bits per heavy atom. The zero-order valence-electron chi connectivity index (χ0n) is 11.9. The van der Waals surface area contributed by atoms with E-state index in [0.717, 1.165) is 12.8 Å². The summed E-state index contributed by atoms with van der Waals surface area (Å²) in [6, 6.07) is 0. The summed E-state index contributed by atoms with van der Waals surface area (Å²) in [6.07, 6.45) is 3.49. The van der Waals surface area contributed by atoms with Gasteiger partial charge in [0.2, 0.25) is 5.91 Å². The maximum atomic E-state index is 12.2. The van der Waals surface area contributed by atoms with Gasteiger partial charge >= 0.3 is 5.97 Å². The van der Waals surface area contributed by atoms with Crippen molar-refractivity contribution < 1.29 is 14.7 Å². The highest BCUT2D eigenvalue weighted by atomic mass is 16.4. The van der Waals surface area contributed by atoms with Crippen LogP contribution in [-0.2, 0) is 9.59 Å². The lowest BCUT2D eigenvalue weighted by Gasteiger charge is -2.38. The third kappa shape index (κ3) is 3.03. The maximum absolute atomic E-state index is 12.2. The Labute approximate surface area is 109 Å². The Balaban J connectivity index is 2.82. The summed E-state index contributed by atoms with van der Waals surface area (Å²) in [4.78, 5) is 23.7. The fraction of sp³-hybridized carbons (Fsp3) is 0.857. The largest absolute Gasteiger partial charge is 0.480 e. The fourth-order valence-electron chi connectivity index (χ4n) is 2.19. The fourth-order valence-corrected chi connectivity index (χ4v) is 2.19. The van der Waals surface area contributed by atoms with E-state index in [4.69, 9.17) is 0 Å². The third-order valence-corrected chi connectivity index (χ3v) is 4.39. The van der Waals surface area contributed by atoms with E-state index in [1.165, 1.54) is 0 Å². The van der Waals surface area contributed by atoms with E-state index >= 15 is 0 Å². The third-order valence-electron chi connectivity index (χ3n) is 4.39. The molecule has 1 aliphatic carbocycles. The first-order chi connectivity index (χ1) is 8.23. The lowest BCUT2D eigenvalue weighted by Crippen LogP contribution is -2.58. The van der Waals surface area contributed by atoms with Crippen LogP contribution < -0.4 is 5.32 Å². The van der Waals surface area contributed by atoms with Crippen LogP contribution in [0.3, 0.4) is 0 Å². The highest BCUT2D eigenvalue weighted by Crippen LogP contribution is 2.33. The molecule has 0 spiro atoms. The molecule has 0 aromatic rings. The van der Waals surface area contributed by atoms with Gasteiger partial charge < -0.3 is 10.4 Å². The van der Waals surface area contributed by atoms with Crippen molar-refractivity contribution in [3.8, 4) is 0 Å². The number of rotatable bonds is 4. The van der Waals surface area contributed by atoms with Crippen LogP contribution >= 0.6 is 0 Å². The van der Waals surface area contributed by atoms with Crippen LogP contribution in [0.25, 0.3) is 0 Å². The lowest BCUT2D eigenvalue weighted by atomic mass is 9.76. The number of carbonyl (C=O) groups is 2. The van der Waals surface area contributed by atoms with Gasteiger partial charge in [0.25, 0.3) is 0 Å². The predicted molar refractivity (Wildman–Crippen MR) is 70.2 cm³/mol. The van der Waals surface area contributed by atoms with E-state index in [0.29, 0.717) is 25.2 Å². The standard InChI is InChI=1S/C14H25NO3/c1-5-13(3,4)11(16)15-14(12(17)18)8-6-10(2)7-9-14/h10H,5-9H2,1-4H3,(H,15,16)(H,17,18). The molecule has 1 aliphatic rings. The van der Waals surface area contributed by atoms with Crippen molar-refractivity contribution in [3.05, 3.63) is 0 Å². The number of hydrogen-bond donors (Lipinski definition) is 2. The maximum Gasteiger partial charge on any atom is 0.329 e. The first kappa shape index (κ1) is 15.0. The first-order valence-electron chi connectivity index (χ1n) is 6.79. The molecule has 1 amide bonds. The zero-order valence-corrected chi connectivity index (χ0v) is 11.9. The Morgan fingerprint density at radius 1 is 1.33 bits per heavy atom. The van der Waals surface area contributed by atoms with Crippen LogP contribution in [0.5, 0.6) is 0 Å². The summed E-state index contributed by atoms with van der Waals surface area (Å²) in [7, 11) is 0. The van der Waals surface area contributed by atoms with Gasteiger partial charge in [-0.05, 0) is 38.0 Å². The van der Waals surface area contributed by atoms with E-state index in [1.54, 1.807) is 0 Å². The molecule has 4 nitrogen and oxygen atoms in total. The van der Waals surface area contributed by atoms with Gasteiger partial charge in [0.1, 0.15) is 5.54 Å². The molecule has 1 rings (SSSR count). The molecule has 0 aliphatic heterocycles. The smallest absolute Gasteiger partial charge is 0.329 e. The molecule has 18 heavy (non-hydrogen) atoms. The SMILES string of the molecule is CCC(C)(C)C(=O)NC1(C(=O)O)CCC(C)CC1. The molecule has 4 heteroatoms. The van der Waals surface area contributed by atoms with E-state index in [2.05, 4.69) is 12.2 Å². The second kappa shape index (κ2) is 5.29. The lowest BCUT2D eigenvalue weighted by molar-refractivity contribution is -0.151.